The molecule has 2 aromatic carbocycles. The molecule has 5 rings (SSSR count). The molecular formula is C24H22Cl2N6O2. The lowest BCUT2D eigenvalue weighted by molar-refractivity contribution is -0.140. The summed E-state index contributed by atoms with van der Waals surface area (Å²) < 4.78 is 0. The summed E-state index contributed by atoms with van der Waals surface area (Å²) in [6, 6.07) is 12.5. The molecule has 0 bridgehead atoms. The van der Waals surface area contributed by atoms with Gasteiger partial charge in [-0.05, 0) is 54.0 Å². The second kappa shape index (κ2) is 9.19. The molecule has 2 aliphatic rings. The van der Waals surface area contributed by atoms with Gasteiger partial charge in [-0.2, -0.15) is 5.21 Å². The lowest BCUT2D eigenvalue weighted by Gasteiger charge is -2.53. The maximum atomic E-state index is 12.9. The molecule has 3 heterocycles. The molecule has 0 radical (unpaired) electrons. The number of carbonyl (C=O) groups excluding carboxylic acids is 2. The molecule has 174 valence electrons. The van der Waals surface area contributed by atoms with E-state index in [-0.39, 0.29) is 17.2 Å². The molecule has 10 heteroatoms. The van der Waals surface area contributed by atoms with Gasteiger partial charge in [-0.15, -0.1) is 10.2 Å². The number of amides is 2. The minimum absolute atomic E-state index is 0.0168. The monoisotopic (exact) mass is 496 g/mol. The Morgan fingerprint density at radius 3 is 2.35 bits per heavy atom. The van der Waals surface area contributed by atoms with E-state index in [2.05, 4.69) is 20.6 Å². The maximum Gasteiger partial charge on any atom is 0.253 e. The highest BCUT2D eigenvalue weighted by molar-refractivity contribution is 6.42. The SMILES string of the molecule is O=C(C=Cc1ccc(Cl)c(Cl)c1)N1CC2(CCN(C(=O)c3ccc(-c4nn[nH]n4)cc3)CC2)C1. The van der Waals surface area contributed by atoms with E-state index in [0.29, 0.717) is 34.5 Å². The first-order valence-electron chi connectivity index (χ1n) is 11.0. The Balaban J connectivity index is 1.12. The van der Waals surface area contributed by atoms with Crippen LogP contribution in [0, 0.1) is 5.41 Å². The third kappa shape index (κ3) is 4.56. The zero-order valence-electron chi connectivity index (χ0n) is 18.2. The van der Waals surface area contributed by atoms with Gasteiger partial charge in [-0.25, -0.2) is 0 Å². The maximum absolute atomic E-state index is 12.9. The van der Waals surface area contributed by atoms with Gasteiger partial charge in [0.05, 0.1) is 10.0 Å². The minimum Gasteiger partial charge on any atom is -0.339 e. The Hall–Kier alpha value is -3.23. The molecule has 1 aromatic heterocycles. The average Bonchev–Trinajstić information content (AvgIpc) is 3.38. The molecule has 1 N–H and O–H groups in total. The highest BCUT2D eigenvalue weighted by atomic mass is 35.5. The van der Waals surface area contributed by atoms with Crippen LogP contribution in [0.1, 0.15) is 28.8 Å². The summed E-state index contributed by atoms with van der Waals surface area (Å²) in [4.78, 5) is 29.2. The van der Waals surface area contributed by atoms with Gasteiger partial charge in [-0.1, -0.05) is 41.4 Å². The van der Waals surface area contributed by atoms with E-state index >= 15 is 0 Å². The Kier molecular flexibility index (Phi) is 6.10. The highest BCUT2D eigenvalue weighted by Gasteiger charge is 2.46. The van der Waals surface area contributed by atoms with Gasteiger partial charge >= 0.3 is 0 Å². The van der Waals surface area contributed by atoms with Crippen molar-refractivity contribution < 1.29 is 9.59 Å². The zero-order valence-corrected chi connectivity index (χ0v) is 19.8. The van der Waals surface area contributed by atoms with Crippen molar-refractivity contribution in [3.8, 4) is 11.4 Å². The Morgan fingerprint density at radius 2 is 1.71 bits per heavy atom. The summed E-state index contributed by atoms with van der Waals surface area (Å²) in [6.45, 7) is 2.82. The number of H-pyrrole nitrogens is 1. The number of aromatic nitrogens is 4. The molecule has 0 atom stereocenters. The molecule has 1 spiro atoms. The fraction of sp³-hybridized carbons (Fsp3) is 0.292. The van der Waals surface area contributed by atoms with Gasteiger partial charge in [0.1, 0.15) is 0 Å². The van der Waals surface area contributed by atoms with E-state index in [9.17, 15) is 9.59 Å². The highest BCUT2D eigenvalue weighted by Crippen LogP contribution is 2.40. The molecule has 2 fully saturated rings. The normalized spacial score (nSPS) is 17.2. The summed E-state index contributed by atoms with van der Waals surface area (Å²) in [5.41, 5.74) is 2.37. The van der Waals surface area contributed by atoms with Gasteiger partial charge in [0.25, 0.3) is 5.91 Å². The predicted molar refractivity (Wildman–Crippen MR) is 129 cm³/mol. The number of nitrogens with one attached hydrogen (secondary N) is 1. The number of piperidine rings is 1. The zero-order chi connectivity index (χ0) is 23.7. The van der Waals surface area contributed by atoms with E-state index in [4.69, 9.17) is 23.2 Å². The number of hydrogen-bond acceptors (Lipinski definition) is 5. The number of likely N-dealkylation sites (tertiary alicyclic amines) is 2. The standard InChI is InChI=1S/C24H22Cl2N6O2/c25-19-7-1-16(13-20(19)26)2-8-21(33)32-14-24(15-32)9-11-31(12-10-24)23(34)18-5-3-17(4-6-18)22-27-29-30-28-22/h1-8,13H,9-12,14-15H2,(H,27,28,29,30). The number of aromatic amines is 1. The summed E-state index contributed by atoms with van der Waals surface area (Å²) in [5, 5.41) is 14.8. The molecule has 34 heavy (non-hydrogen) atoms. The first kappa shape index (κ1) is 22.6. The summed E-state index contributed by atoms with van der Waals surface area (Å²) in [5.74, 6) is 0.498. The van der Waals surface area contributed by atoms with Gasteiger partial charge in [0, 0.05) is 48.8 Å². The van der Waals surface area contributed by atoms with E-state index in [0.717, 1.165) is 37.1 Å². The number of benzene rings is 2. The number of carbonyl (C=O) groups is 2. The van der Waals surface area contributed by atoms with E-state index in [1.54, 1.807) is 36.4 Å². The van der Waals surface area contributed by atoms with Crippen LogP contribution >= 0.6 is 23.2 Å². The Bertz CT molecular complexity index is 1230. The van der Waals surface area contributed by atoms with Crippen molar-refractivity contribution in [1.29, 1.82) is 0 Å². The van der Waals surface area contributed by atoms with Crippen LogP contribution in [0.2, 0.25) is 10.0 Å². The first-order chi connectivity index (χ1) is 16.4. The van der Waals surface area contributed by atoms with Crippen molar-refractivity contribution in [3.05, 3.63) is 69.7 Å². The molecule has 0 aliphatic carbocycles. The quantitative estimate of drug-likeness (QED) is 0.551. The third-order valence-corrected chi connectivity index (χ3v) is 7.31. The molecular weight excluding hydrogens is 475 g/mol. The Morgan fingerprint density at radius 1 is 0.971 bits per heavy atom. The van der Waals surface area contributed by atoms with Gasteiger partial charge in [0.15, 0.2) is 0 Å². The number of tetrazole rings is 1. The molecule has 8 nitrogen and oxygen atoms in total. The van der Waals surface area contributed by atoms with Crippen LogP contribution in [0.4, 0.5) is 0 Å². The molecule has 2 saturated heterocycles. The van der Waals surface area contributed by atoms with E-state index in [1.165, 1.54) is 0 Å². The lowest BCUT2D eigenvalue weighted by Crippen LogP contribution is -2.62. The van der Waals surface area contributed by atoms with Crippen molar-refractivity contribution in [2.75, 3.05) is 26.2 Å². The fourth-order valence-electron chi connectivity index (χ4n) is 4.54. The molecule has 0 saturated carbocycles. The van der Waals surface area contributed by atoms with Crippen LogP contribution in [0.3, 0.4) is 0 Å². The van der Waals surface area contributed by atoms with Crippen molar-refractivity contribution in [1.82, 2.24) is 30.4 Å². The Labute approximate surface area is 206 Å². The molecule has 2 aliphatic heterocycles. The lowest BCUT2D eigenvalue weighted by atomic mass is 9.72. The van der Waals surface area contributed by atoms with Gasteiger partial charge in [0.2, 0.25) is 11.7 Å². The van der Waals surface area contributed by atoms with Crippen LogP contribution in [0.15, 0.2) is 48.5 Å². The number of halogens is 2. The molecule has 2 amide bonds. The van der Waals surface area contributed by atoms with Gasteiger partial charge < -0.3 is 9.80 Å². The average molecular weight is 497 g/mol. The van der Waals surface area contributed by atoms with Crippen molar-refractivity contribution in [2.45, 2.75) is 12.8 Å². The van der Waals surface area contributed by atoms with Crippen LogP contribution in [0.25, 0.3) is 17.5 Å². The number of nitrogens with zero attached hydrogens (tertiary/aromatic N) is 5. The molecule has 0 unspecified atom stereocenters. The van der Waals surface area contributed by atoms with Crippen LogP contribution in [-0.4, -0.2) is 68.4 Å². The topological polar surface area (TPSA) is 95.1 Å². The van der Waals surface area contributed by atoms with Crippen LogP contribution < -0.4 is 0 Å². The van der Waals surface area contributed by atoms with Crippen LogP contribution in [-0.2, 0) is 4.79 Å². The summed E-state index contributed by atoms with van der Waals surface area (Å²) in [6.07, 6.45) is 5.10. The van der Waals surface area contributed by atoms with E-state index in [1.807, 2.05) is 28.0 Å². The van der Waals surface area contributed by atoms with Crippen molar-refractivity contribution in [2.24, 2.45) is 5.41 Å². The third-order valence-electron chi connectivity index (χ3n) is 6.57. The largest absolute Gasteiger partial charge is 0.339 e. The predicted octanol–water partition coefficient (Wildman–Crippen LogP) is 3.95. The second-order valence-electron chi connectivity index (χ2n) is 8.81. The summed E-state index contributed by atoms with van der Waals surface area (Å²) >= 11 is 12.0. The minimum atomic E-state index is -0.0168. The molecule has 3 aromatic rings. The number of hydrogen-bond donors (Lipinski definition) is 1. The number of rotatable bonds is 4. The van der Waals surface area contributed by atoms with Crippen LogP contribution in [0.5, 0.6) is 0 Å². The first-order valence-corrected chi connectivity index (χ1v) is 11.7. The van der Waals surface area contributed by atoms with Gasteiger partial charge in [-0.3, -0.25) is 9.59 Å². The van der Waals surface area contributed by atoms with E-state index < -0.39 is 0 Å². The smallest absolute Gasteiger partial charge is 0.253 e. The van der Waals surface area contributed by atoms with Crippen molar-refractivity contribution >= 4 is 41.1 Å². The van der Waals surface area contributed by atoms with Crippen molar-refractivity contribution in [3.63, 3.8) is 0 Å². The summed E-state index contributed by atoms with van der Waals surface area (Å²) in [7, 11) is 0. The second-order valence-corrected chi connectivity index (χ2v) is 9.62. The fourth-order valence-corrected chi connectivity index (χ4v) is 4.84.